The summed E-state index contributed by atoms with van der Waals surface area (Å²) in [5, 5.41) is 2.84. The van der Waals surface area contributed by atoms with Crippen molar-refractivity contribution < 1.29 is 14.3 Å². The van der Waals surface area contributed by atoms with Crippen LogP contribution in [0.3, 0.4) is 0 Å². The Kier molecular flexibility index (Phi) is 6.67. The van der Waals surface area contributed by atoms with E-state index < -0.39 is 6.10 Å². The first-order valence-corrected chi connectivity index (χ1v) is 9.01. The van der Waals surface area contributed by atoms with Crippen molar-refractivity contribution >= 4 is 5.91 Å². The number of aryl methyl sites for hydroxylation is 1. The number of para-hydroxylation sites is 1. The summed E-state index contributed by atoms with van der Waals surface area (Å²) in [6.45, 7) is 11.1. The molecule has 0 bridgehead atoms. The van der Waals surface area contributed by atoms with Gasteiger partial charge >= 0.3 is 0 Å². The van der Waals surface area contributed by atoms with Crippen LogP contribution in [0, 0.1) is 6.92 Å². The lowest BCUT2D eigenvalue weighted by Gasteiger charge is -2.19. The van der Waals surface area contributed by atoms with E-state index in [1.807, 2.05) is 43.3 Å². The van der Waals surface area contributed by atoms with Crippen molar-refractivity contribution in [2.24, 2.45) is 0 Å². The SMILES string of the molecule is Cc1ccccc1OC(C)C(=O)NCCOc1ccc(C(C)(C)C)cc1. The fraction of sp³-hybridized carbons (Fsp3) is 0.409. The summed E-state index contributed by atoms with van der Waals surface area (Å²) >= 11 is 0. The molecule has 1 amide bonds. The molecule has 1 unspecified atom stereocenters. The molecule has 1 atom stereocenters. The number of carbonyl (C=O) groups excluding carboxylic acids is 1. The number of amides is 1. The smallest absolute Gasteiger partial charge is 0.260 e. The predicted molar refractivity (Wildman–Crippen MR) is 105 cm³/mol. The Morgan fingerprint density at radius 3 is 2.35 bits per heavy atom. The van der Waals surface area contributed by atoms with Gasteiger partial charge < -0.3 is 14.8 Å². The van der Waals surface area contributed by atoms with Gasteiger partial charge in [0.1, 0.15) is 18.1 Å². The summed E-state index contributed by atoms with van der Waals surface area (Å²) in [4.78, 5) is 12.1. The van der Waals surface area contributed by atoms with Gasteiger partial charge in [0.15, 0.2) is 6.10 Å². The minimum atomic E-state index is -0.554. The van der Waals surface area contributed by atoms with E-state index in [1.165, 1.54) is 5.56 Å². The second-order valence-electron chi connectivity index (χ2n) is 7.44. The molecular formula is C22H29NO3. The first-order chi connectivity index (χ1) is 12.3. The fourth-order valence-electron chi connectivity index (χ4n) is 2.47. The Hall–Kier alpha value is -2.49. The highest BCUT2D eigenvalue weighted by molar-refractivity contribution is 5.80. The average molecular weight is 355 g/mol. The zero-order valence-electron chi connectivity index (χ0n) is 16.3. The van der Waals surface area contributed by atoms with Gasteiger partial charge in [-0.2, -0.15) is 0 Å². The molecule has 0 aromatic heterocycles. The number of ether oxygens (including phenoxy) is 2. The third-order valence-electron chi connectivity index (χ3n) is 4.16. The Bertz CT molecular complexity index is 717. The average Bonchev–Trinajstić information content (AvgIpc) is 2.60. The number of hydrogen-bond donors (Lipinski definition) is 1. The third-order valence-corrected chi connectivity index (χ3v) is 4.16. The van der Waals surface area contributed by atoms with E-state index in [0.717, 1.165) is 17.1 Å². The molecule has 0 aliphatic rings. The van der Waals surface area contributed by atoms with Gasteiger partial charge in [0.05, 0.1) is 6.54 Å². The van der Waals surface area contributed by atoms with Crippen LogP contribution in [-0.4, -0.2) is 25.2 Å². The summed E-state index contributed by atoms with van der Waals surface area (Å²) in [6.07, 6.45) is -0.554. The van der Waals surface area contributed by atoms with Crippen LogP contribution < -0.4 is 14.8 Å². The van der Waals surface area contributed by atoms with Gasteiger partial charge in [-0.1, -0.05) is 51.1 Å². The molecule has 140 valence electrons. The van der Waals surface area contributed by atoms with Crippen LogP contribution in [0.15, 0.2) is 48.5 Å². The van der Waals surface area contributed by atoms with Crippen LogP contribution in [0.25, 0.3) is 0 Å². The number of carbonyl (C=O) groups is 1. The van der Waals surface area contributed by atoms with E-state index in [0.29, 0.717) is 13.2 Å². The van der Waals surface area contributed by atoms with Crippen molar-refractivity contribution in [2.45, 2.75) is 46.1 Å². The van der Waals surface area contributed by atoms with Crippen molar-refractivity contribution in [1.29, 1.82) is 0 Å². The van der Waals surface area contributed by atoms with Crippen LogP contribution in [0.5, 0.6) is 11.5 Å². The molecule has 2 rings (SSSR count). The molecule has 4 nitrogen and oxygen atoms in total. The molecule has 0 fully saturated rings. The quantitative estimate of drug-likeness (QED) is 0.755. The number of hydrogen-bond acceptors (Lipinski definition) is 3. The zero-order valence-corrected chi connectivity index (χ0v) is 16.3. The van der Waals surface area contributed by atoms with Crippen LogP contribution in [0.4, 0.5) is 0 Å². The maximum atomic E-state index is 12.1. The highest BCUT2D eigenvalue weighted by atomic mass is 16.5. The maximum absolute atomic E-state index is 12.1. The Morgan fingerprint density at radius 2 is 1.73 bits per heavy atom. The molecule has 2 aromatic carbocycles. The summed E-state index contributed by atoms with van der Waals surface area (Å²) in [6, 6.07) is 15.7. The van der Waals surface area contributed by atoms with Crippen LogP contribution >= 0.6 is 0 Å². The third kappa shape index (κ3) is 5.80. The second kappa shape index (κ2) is 8.75. The van der Waals surface area contributed by atoms with E-state index in [9.17, 15) is 4.79 Å². The van der Waals surface area contributed by atoms with Gasteiger partial charge in [-0.05, 0) is 48.6 Å². The van der Waals surface area contributed by atoms with E-state index in [4.69, 9.17) is 9.47 Å². The predicted octanol–water partition coefficient (Wildman–Crippen LogP) is 4.26. The van der Waals surface area contributed by atoms with Crippen molar-refractivity contribution in [2.75, 3.05) is 13.2 Å². The monoisotopic (exact) mass is 355 g/mol. The summed E-state index contributed by atoms with van der Waals surface area (Å²) in [5.41, 5.74) is 2.40. The number of benzene rings is 2. The second-order valence-corrected chi connectivity index (χ2v) is 7.44. The summed E-state index contributed by atoms with van der Waals surface area (Å²) in [5.74, 6) is 1.38. The van der Waals surface area contributed by atoms with E-state index in [1.54, 1.807) is 6.92 Å². The van der Waals surface area contributed by atoms with Crippen LogP contribution in [-0.2, 0) is 10.2 Å². The summed E-state index contributed by atoms with van der Waals surface area (Å²) in [7, 11) is 0. The van der Waals surface area contributed by atoms with Gasteiger partial charge in [0.25, 0.3) is 5.91 Å². The van der Waals surface area contributed by atoms with Crippen LogP contribution in [0.2, 0.25) is 0 Å². The topological polar surface area (TPSA) is 47.6 Å². The lowest BCUT2D eigenvalue weighted by molar-refractivity contribution is -0.127. The first kappa shape index (κ1) is 19.8. The Morgan fingerprint density at radius 1 is 1.08 bits per heavy atom. The van der Waals surface area contributed by atoms with Gasteiger partial charge in [-0.25, -0.2) is 0 Å². The highest BCUT2D eigenvalue weighted by Gasteiger charge is 2.15. The van der Waals surface area contributed by atoms with Crippen LogP contribution in [0.1, 0.15) is 38.8 Å². The summed E-state index contributed by atoms with van der Waals surface area (Å²) < 4.78 is 11.4. The zero-order chi connectivity index (χ0) is 19.2. The number of rotatable bonds is 7. The molecule has 26 heavy (non-hydrogen) atoms. The van der Waals surface area contributed by atoms with Gasteiger partial charge in [0, 0.05) is 0 Å². The first-order valence-electron chi connectivity index (χ1n) is 9.01. The van der Waals surface area contributed by atoms with Crippen molar-refractivity contribution in [3.8, 4) is 11.5 Å². The van der Waals surface area contributed by atoms with E-state index in [-0.39, 0.29) is 11.3 Å². The Balaban J connectivity index is 1.73. The molecule has 1 N–H and O–H groups in total. The van der Waals surface area contributed by atoms with Crippen molar-refractivity contribution in [3.05, 3.63) is 59.7 Å². The highest BCUT2D eigenvalue weighted by Crippen LogP contribution is 2.24. The van der Waals surface area contributed by atoms with E-state index in [2.05, 4.69) is 38.2 Å². The minimum Gasteiger partial charge on any atom is -0.492 e. The molecule has 0 heterocycles. The lowest BCUT2D eigenvalue weighted by atomic mass is 9.87. The molecular weight excluding hydrogens is 326 g/mol. The number of nitrogens with one attached hydrogen (secondary N) is 1. The largest absolute Gasteiger partial charge is 0.492 e. The standard InChI is InChI=1S/C22H29NO3/c1-16-8-6-7-9-20(16)26-17(2)21(24)23-14-15-25-19-12-10-18(11-13-19)22(3,4)5/h6-13,17H,14-15H2,1-5H3,(H,23,24). The lowest BCUT2D eigenvalue weighted by Crippen LogP contribution is -2.38. The molecule has 0 spiro atoms. The minimum absolute atomic E-state index is 0.125. The molecule has 4 heteroatoms. The molecule has 0 radical (unpaired) electrons. The molecule has 0 aliphatic carbocycles. The maximum Gasteiger partial charge on any atom is 0.260 e. The molecule has 0 saturated carbocycles. The van der Waals surface area contributed by atoms with Gasteiger partial charge in [0.2, 0.25) is 0 Å². The molecule has 0 aliphatic heterocycles. The fourth-order valence-corrected chi connectivity index (χ4v) is 2.47. The normalized spacial score (nSPS) is 12.3. The molecule has 2 aromatic rings. The Labute approximate surface area is 156 Å². The van der Waals surface area contributed by atoms with Crippen molar-refractivity contribution in [1.82, 2.24) is 5.32 Å². The van der Waals surface area contributed by atoms with Gasteiger partial charge in [-0.3, -0.25) is 4.79 Å². The van der Waals surface area contributed by atoms with E-state index >= 15 is 0 Å². The van der Waals surface area contributed by atoms with Gasteiger partial charge in [-0.15, -0.1) is 0 Å². The molecule has 0 saturated heterocycles. The van der Waals surface area contributed by atoms with Crippen molar-refractivity contribution in [3.63, 3.8) is 0 Å².